The zero-order chi connectivity index (χ0) is 11.3. The second kappa shape index (κ2) is 5.57. The first-order valence-corrected chi connectivity index (χ1v) is 5.37. The normalized spacial score (nSPS) is 10.0. The van der Waals surface area contributed by atoms with Crippen LogP contribution in [0.25, 0.3) is 0 Å². The van der Waals surface area contributed by atoms with E-state index in [2.05, 4.69) is 5.32 Å². The van der Waals surface area contributed by atoms with Crippen LogP contribution in [0.2, 0.25) is 0 Å². The number of hydrogen-bond donors (Lipinski definition) is 2. The van der Waals surface area contributed by atoms with Gasteiger partial charge in [0.05, 0.1) is 11.5 Å². The highest BCUT2D eigenvalue weighted by molar-refractivity contribution is 7.99. The highest BCUT2D eigenvalue weighted by Gasteiger charge is 2.09. The fourth-order valence-corrected chi connectivity index (χ4v) is 1.82. The molecule has 0 amide bonds. The molecule has 0 bridgehead atoms. The van der Waals surface area contributed by atoms with Crippen LogP contribution in [0.1, 0.15) is 0 Å². The lowest BCUT2D eigenvalue weighted by Gasteiger charge is -2.04. The molecular weight excluding hydrogens is 216 g/mol. The van der Waals surface area contributed by atoms with E-state index >= 15 is 0 Å². The van der Waals surface area contributed by atoms with Gasteiger partial charge >= 0.3 is 0 Å². The Balaban J connectivity index is 2.95. The molecule has 0 saturated carbocycles. The molecule has 1 aromatic rings. The molecule has 1 rings (SSSR count). The van der Waals surface area contributed by atoms with Gasteiger partial charge in [-0.3, -0.25) is 10.1 Å². The molecule has 82 valence electrons. The fraction of sp³-hybridized carbons (Fsp3) is 0.333. The first-order valence-electron chi connectivity index (χ1n) is 4.38. The van der Waals surface area contributed by atoms with Gasteiger partial charge in [0.2, 0.25) is 0 Å². The number of rotatable bonds is 5. The number of aliphatic hydroxyl groups is 1. The number of non-ortho nitro benzene ring substituents is 1. The van der Waals surface area contributed by atoms with Crippen molar-refractivity contribution in [3.63, 3.8) is 0 Å². The average molecular weight is 228 g/mol. The molecule has 0 saturated heterocycles. The third-order valence-corrected chi connectivity index (χ3v) is 2.71. The molecule has 0 aliphatic heterocycles. The quantitative estimate of drug-likeness (QED) is 0.456. The minimum atomic E-state index is -0.427. The van der Waals surface area contributed by atoms with Crippen LogP contribution in [0.5, 0.6) is 0 Å². The van der Waals surface area contributed by atoms with Crippen LogP contribution < -0.4 is 5.32 Å². The number of thioether (sulfide) groups is 1. The third-order valence-electron chi connectivity index (χ3n) is 1.75. The molecule has 0 radical (unpaired) electrons. The van der Waals surface area contributed by atoms with Gasteiger partial charge in [-0.05, 0) is 6.07 Å². The first kappa shape index (κ1) is 11.8. The maximum atomic E-state index is 10.6. The number of nitrogens with one attached hydrogen (secondary N) is 1. The molecule has 6 heteroatoms. The van der Waals surface area contributed by atoms with Crippen molar-refractivity contribution < 1.29 is 10.0 Å². The van der Waals surface area contributed by atoms with Crippen LogP contribution >= 0.6 is 11.8 Å². The van der Waals surface area contributed by atoms with Crippen LogP contribution in [0.15, 0.2) is 23.1 Å². The molecule has 0 aliphatic carbocycles. The average Bonchev–Trinajstić information content (AvgIpc) is 2.25. The van der Waals surface area contributed by atoms with E-state index in [1.165, 1.54) is 23.9 Å². The minimum absolute atomic E-state index is 0.0577. The molecule has 0 aliphatic rings. The largest absolute Gasteiger partial charge is 0.396 e. The Bertz CT molecular complexity index is 357. The van der Waals surface area contributed by atoms with E-state index in [1.807, 2.05) is 6.07 Å². The van der Waals surface area contributed by atoms with Crippen molar-refractivity contribution >= 4 is 23.1 Å². The number of nitro benzene ring substituents is 1. The summed E-state index contributed by atoms with van der Waals surface area (Å²) in [4.78, 5) is 11.0. The number of aliphatic hydroxyl groups excluding tert-OH is 1. The summed E-state index contributed by atoms with van der Waals surface area (Å²) in [6, 6.07) is 4.79. The number of nitro groups is 1. The lowest BCUT2D eigenvalue weighted by Crippen LogP contribution is -1.94. The minimum Gasteiger partial charge on any atom is -0.396 e. The highest BCUT2D eigenvalue weighted by Crippen LogP contribution is 2.27. The maximum absolute atomic E-state index is 10.6. The summed E-state index contributed by atoms with van der Waals surface area (Å²) in [5, 5.41) is 22.1. The van der Waals surface area contributed by atoms with Crippen LogP contribution in [0.3, 0.4) is 0 Å². The molecular formula is C9H12N2O3S. The van der Waals surface area contributed by atoms with Crippen molar-refractivity contribution in [2.75, 3.05) is 24.7 Å². The van der Waals surface area contributed by atoms with Crippen molar-refractivity contribution in [1.29, 1.82) is 0 Å². The predicted octanol–water partition coefficient (Wildman–Crippen LogP) is 1.72. The van der Waals surface area contributed by atoms with Gasteiger partial charge in [0.1, 0.15) is 0 Å². The lowest BCUT2D eigenvalue weighted by atomic mass is 10.3. The molecule has 0 heterocycles. The fourth-order valence-electron chi connectivity index (χ4n) is 1.08. The van der Waals surface area contributed by atoms with E-state index in [4.69, 9.17) is 5.11 Å². The molecule has 2 N–H and O–H groups in total. The van der Waals surface area contributed by atoms with Gasteiger partial charge in [0, 0.05) is 35.5 Å². The van der Waals surface area contributed by atoms with Crippen LogP contribution in [-0.4, -0.2) is 29.4 Å². The summed E-state index contributed by atoms with van der Waals surface area (Å²) in [6.45, 7) is 0.0578. The first-order chi connectivity index (χ1) is 7.17. The Morgan fingerprint density at radius 2 is 2.27 bits per heavy atom. The van der Waals surface area contributed by atoms with Crippen molar-refractivity contribution in [2.24, 2.45) is 0 Å². The Hall–Kier alpha value is -1.27. The van der Waals surface area contributed by atoms with E-state index in [9.17, 15) is 10.1 Å². The summed E-state index contributed by atoms with van der Waals surface area (Å²) >= 11 is 1.39. The molecule has 1 aromatic carbocycles. The lowest BCUT2D eigenvalue weighted by molar-refractivity contribution is -0.385. The van der Waals surface area contributed by atoms with E-state index in [1.54, 1.807) is 7.05 Å². The van der Waals surface area contributed by atoms with E-state index in [0.717, 1.165) is 4.90 Å². The summed E-state index contributed by atoms with van der Waals surface area (Å²) in [5.74, 6) is 0.532. The third kappa shape index (κ3) is 3.41. The van der Waals surface area contributed by atoms with E-state index < -0.39 is 4.92 Å². The van der Waals surface area contributed by atoms with Gasteiger partial charge in [-0.2, -0.15) is 0 Å². The standard InChI is InChI=1S/C9H12N2O3S/c1-10-7-4-8(11(13)14)6-9(5-7)15-3-2-12/h4-6,10,12H,2-3H2,1H3. The molecule has 5 nitrogen and oxygen atoms in total. The number of anilines is 1. The topological polar surface area (TPSA) is 75.4 Å². The van der Waals surface area contributed by atoms with Gasteiger partial charge in [0.25, 0.3) is 5.69 Å². The second-order valence-corrected chi connectivity index (χ2v) is 3.96. The van der Waals surface area contributed by atoms with Crippen LogP contribution in [0, 0.1) is 10.1 Å². The predicted molar refractivity (Wildman–Crippen MR) is 60.5 cm³/mol. The Morgan fingerprint density at radius 3 is 2.80 bits per heavy atom. The number of hydrogen-bond acceptors (Lipinski definition) is 5. The summed E-state index contributed by atoms with van der Waals surface area (Å²) in [5.41, 5.74) is 0.756. The van der Waals surface area contributed by atoms with Gasteiger partial charge in [-0.15, -0.1) is 11.8 Å². The molecule has 0 fully saturated rings. The zero-order valence-corrected chi connectivity index (χ0v) is 9.08. The summed E-state index contributed by atoms with van der Waals surface area (Å²) < 4.78 is 0. The SMILES string of the molecule is CNc1cc(SCCO)cc([N+](=O)[O-])c1. The van der Waals surface area contributed by atoms with Crippen molar-refractivity contribution in [1.82, 2.24) is 0 Å². The monoisotopic (exact) mass is 228 g/mol. The molecule has 0 atom stereocenters. The highest BCUT2D eigenvalue weighted by atomic mass is 32.2. The van der Waals surface area contributed by atoms with Crippen molar-refractivity contribution in [3.05, 3.63) is 28.3 Å². The Kier molecular flexibility index (Phi) is 4.38. The van der Waals surface area contributed by atoms with Gasteiger partial charge < -0.3 is 10.4 Å². The number of nitrogens with zero attached hydrogens (tertiary/aromatic N) is 1. The smallest absolute Gasteiger partial charge is 0.272 e. The maximum Gasteiger partial charge on any atom is 0.272 e. The van der Waals surface area contributed by atoms with Crippen LogP contribution in [0.4, 0.5) is 11.4 Å². The summed E-state index contributed by atoms with van der Waals surface area (Å²) in [7, 11) is 1.71. The Labute approximate surface area is 91.6 Å². The molecule has 0 unspecified atom stereocenters. The van der Waals surface area contributed by atoms with Gasteiger partial charge in [0.15, 0.2) is 0 Å². The molecule has 15 heavy (non-hydrogen) atoms. The van der Waals surface area contributed by atoms with Gasteiger partial charge in [-0.1, -0.05) is 0 Å². The number of benzene rings is 1. The molecule has 0 spiro atoms. The second-order valence-electron chi connectivity index (χ2n) is 2.79. The zero-order valence-electron chi connectivity index (χ0n) is 8.27. The van der Waals surface area contributed by atoms with Crippen LogP contribution in [-0.2, 0) is 0 Å². The van der Waals surface area contributed by atoms with E-state index in [0.29, 0.717) is 11.4 Å². The van der Waals surface area contributed by atoms with Crippen molar-refractivity contribution in [3.8, 4) is 0 Å². The van der Waals surface area contributed by atoms with E-state index in [-0.39, 0.29) is 12.3 Å². The summed E-state index contributed by atoms with van der Waals surface area (Å²) in [6.07, 6.45) is 0. The Morgan fingerprint density at radius 1 is 1.53 bits per heavy atom. The van der Waals surface area contributed by atoms with Crippen molar-refractivity contribution in [2.45, 2.75) is 4.90 Å². The van der Waals surface area contributed by atoms with Gasteiger partial charge in [-0.25, -0.2) is 0 Å². The molecule has 0 aromatic heterocycles.